The van der Waals surface area contributed by atoms with Crippen LogP contribution in [0, 0.1) is 5.41 Å². The van der Waals surface area contributed by atoms with Crippen LogP contribution in [0.4, 0.5) is 0 Å². The van der Waals surface area contributed by atoms with Crippen LogP contribution in [0.5, 0.6) is 0 Å². The zero-order valence-corrected chi connectivity index (χ0v) is 35.9. The van der Waals surface area contributed by atoms with Crippen molar-refractivity contribution < 1.29 is 24.2 Å². The van der Waals surface area contributed by atoms with E-state index in [1.807, 2.05) is 0 Å². The molecule has 0 heterocycles. The highest BCUT2D eigenvalue weighted by Crippen LogP contribution is 2.51. The Balaban J connectivity index is 2.21. The molecule has 1 aliphatic carbocycles. The van der Waals surface area contributed by atoms with Gasteiger partial charge in [0.15, 0.2) is 0 Å². The van der Waals surface area contributed by atoms with Gasteiger partial charge < -0.3 is 19.5 Å². The molecule has 6 nitrogen and oxygen atoms in total. The van der Waals surface area contributed by atoms with Gasteiger partial charge in [0.05, 0.1) is 12.0 Å². The number of hydrogen-bond acceptors (Lipinski definition) is 6. The molecule has 314 valence electrons. The molecule has 1 saturated carbocycles. The molecule has 0 aromatic carbocycles. The van der Waals surface area contributed by atoms with Crippen LogP contribution in [-0.2, 0) is 19.1 Å². The number of carbonyl (C=O) groups excluding carboxylic acids is 2. The highest BCUT2D eigenvalue weighted by molar-refractivity contribution is 5.80. The lowest BCUT2D eigenvalue weighted by atomic mass is 9.97. The van der Waals surface area contributed by atoms with Gasteiger partial charge in [0.1, 0.15) is 6.10 Å². The van der Waals surface area contributed by atoms with E-state index >= 15 is 0 Å². The van der Waals surface area contributed by atoms with Crippen molar-refractivity contribution in [2.45, 2.75) is 252 Å². The van der Waals surface area contributed by atoms with Crippen LogP contribution in [0.15, 0.2) is 0 Å². The molecule has 0 aromatic heterocycles. The Morgan fingerprint density at radius 1 is 0.547 bits per heavy atom. The minimum atomic E-state index is -0.178. The molecule has 1 N–H and O–H groups in total. The highest BCUT2D eigenvalue weighted by Gasteiger charge is 2.51. The van der Waals surface area contributed by atoms with Crippen LogP contribution >= 0.6 is 0 Å². The van der Waals surface area contributed by atoms with Gasteiger partial charge in [0.2, 0.25) is 0 Å². The van der Waals surface area contributed by atoms with Crippen LogP contribution in [-0.4, -0.2) is 60.9 Å². The molecule has 0 atom stereocenters. The Kier molecular flexibility index (Phi) is 34.3. The summed E-state index contributed by atoms with van der Waals surface area (Å²) in [5.74, 6) is 0.100. The molecule has 0 bridgehead atoms. The van der Waals surface area contributed by atoms with Gasteiger partial charge in [0.25, 0.3) is 0 Å². The van der Waals surface area contributed by atoms with Crippen LogP contribution < -0.4 is 0 Å². The Labute approximate surface area is 330 Å². The topological polar surface area (TPSA) is 76.1 Å². The number of hydrogen-bond donors (Lipinski definition) is 1. The predicted octanol–water partition coefficient (Wildman–Crippen LogP) is 13.4. The minimum absolute atomic E-state index is 0.0195. The van der Waals surface area contributed by atoms with Crippen LogP contribution in [0.3, 0.4) is 0 Å². The number of unbranched alkanes of at least 4 members (excludes halogenated alkanes) is 23. The first-order valence-electron chi connectivity index (χ1n) is 23.7. The number of carbonyl (C=O) groups is 2. The zero-order chi connectivity index (χ0) is 38.5. The van der Waals surface area contributed by atoms with Gasteiger partial charge in [-0.1, -0.05) is 162 Å². The van der Waals surface area contributed by atoms with Gasteiger partial charge in [-0.15, -0.1) is 0 Å². The van der Waals surface area contributed by atoms with Crippen molar-refractivity contribution in [1.82, 2.24) is 4.90 Å². The monoisotopic (exact) mass is 750 g/mol. The summed E-state index contributed by atoms with van der Waals surface area (Å²) >= 11 is 0. The molecule has 0 saturated heterocycles. The smallest absolute Gasteiger partial charge is 0.312 e. The molecule has 0 aromatic rings. The van der Waals surface area contributed by atoms with Gasteiger partial charge in [-0.2, -0.15) is 0 Å². The van der Waals surface area contributed by atoms with E-state index in [9.17, 15) is 14.7 Å². The van der Waals surface area contributed by atoms with Crippen molar-refractivity contribution in [3.63, 3.8) is 0 Å². The molecule has 0 amide bonds. The summed E-state index contributed by atoms with van der Waals surface area (Å²) in [7, 11) is 0. The Morgan fingerprint density at radius 2 is 0.981 bits per heavy atom. The van der Waals surface area contributed by atoms with E-state index < -0.39 is 0 Å². The van der Waals surface area contributed by atoms with Crippen molar-refractivity contribution in [1.29, 1.82) is 0 Å². The first kappa shape index (κ1) is 49.9. The molecule has 1 rings (SSSR count). The maximum atomic E-state index is 13.4. The molecule has 0 radical (unpaired) electrons. The normalized spacial score (nSPS) is 13.6. The lowest BCUT2D eigenvalue weighted by Crippen LogP contribution is -2.28. The quantitative estimate of drug-likeness (QED) is 0.0495. The maximum absolute atomic E-state index is 13.4. The van der Waals surface area contributed by atoms with Gasteiger partial charge in [-0.25, -0.2) is 0 Å². The van der Waals surface area contributed by atoms with Crippen molar-refractivity contribution in [2.75, 3.05) is 32.8 Å². The zero-order valence-electron chi connectivity index (χ0n) is 35.9. The third-order valence-electron chi connectivity index (χ3n) is 11.7. The van der Waals surface area contributed by atoms with E-state index in [-0.39, 0.29) is 30.1 Å². The number of esters is 2. The third-order valence-corrected chi connectivity index (χ3v) is 11.7. The minimum Gasteiger partial charge on any atom is -0.466 e. The van der Waals surface area contributed by atoms with Gasteiger partial charge >= 0.3 is 11.9 Å². The van der Waals surface area contributed by atoms with E-state index in [0.717, 1.165) is 90.3 Å². The summed E-state index contributed by atoms with van der Waals surface area (Å²) in [6.45, 7) is 10.8. The average molecular weight is 750 g/mol. The number of nitrogens with zero attached hydrogens (tertiary/aromatic N) is 1. The Morgan fingerprint density at radius 3 is 1.49 bits per heavy atom. The fourth-order valence-electron chi connectivity index (χ4n) is 7.78. The molecule has 0 aliphatic heterocycles. The number of ether oxygens (including phenoxy) is 2. The van der Waals surface area contributed by atoms with E-state index in [4.69, 9.17) is 9.47 Å². The molecular formula is C47H91NO5. The van der Waals surface area contributed by atoms with Crippen molar-refractivity contribution in [3.8, 4) is 0 Å². The molecule has 1 fully saturated rings. The number of aliphatic hydroxyl groups excluding tert-OH is 1. The van der Waals surface area contributed by atoms with E-state index in [0.29, 0.717) is 13.0 Å². The summed E-state index contributed by atoms with van der Waals surface area (Å²) in [4.78, 5) is 27.9. The molecule has 0 spiro atoms. The van der Waals surface area contributed by atoms with Crippen LogP contribution in [0.1, 0.15) is 245 Å². The Bertz CT molecular complexity index is 799. The van der Waals surface area contributed by atoms with E-state index in [1.165, 1.54) is 148 Å². The predicted molar refractivity (Wildman–Crippen MR) is 225 cm³/mol. The molecular weight excluding hydrogens is 659 g/mol. The fraction of sp³-hybridized carbons (Fsp3) is 0.957. The first-order chi connectivity index (χ1) is 26.0. The standard InChI is InChI=1S/C47H91NO5/c1-4-7-10-13-16-20-27-35-45(50)52-43-31-24-17-22-29-39-48(41-32-42-49)40-30-23-21-28-36-47(37-38-47)46(51)53-44(33-25-18-14-11-8-5-2)34-26-19-15-12-9-6-3/h44,49H,4-43H2,1-3H3. The van der Waals surface area contributed by atoms with Gasteiger partial charge in [0, 0.05) is 19.6 Å². The first-order valence-corrected chi connectivity index (χ1v) is 23.7. The summed E-state index contributed by atoms with van der Waals surface area (Å²) in [6, 6.07) is 0. The second-order valence-electron chi connectivity index (χ2n) is 16.9. The second kappa shape index (κ2) is 36.5. The van der Waals surface area contributed by atoms with Crippen molar-refractivity contribution >= 4 is 11.9 Å². The SMILES string of the molecule is CCCCCCCCCC(=O)OCCCCCCCN(CCCO)CCCCCCC1(C(=O)OC(CCCCCCCC)CCCCCCCC)CC1. The third kappa shape index (κ3) is 29.8. The van der Waals surface area contributed by atoms with E-state index in [2.05, 4.69) is 25.7 Å². The summed E-state index contributed by atoms with van der Waals surface area (Å²) < 4.78 is 11.8. The lowest BCUT2D eigenvalue weighted by molar-refractivity contribution is -0.157. The summed E-state index contributed by atoms with van der Waals surface area (Å²) in [5, 5.41) is 9.43. The number of rotatable bonds is 42. The fourth-order valence-corrected chi connectivity index (χ4v) is 7.78. The second-order valence-corrected chi connectivity index (χ2v) is 16.9. The molecule has 0 unspecified atom stereocenters. The molecule has 6 heteroatoms. The highest BCUT2D eigenvalue weighted by atomic mass is 16.5. The average Bonchev–Trinajstić information content (AvgIpc) is 3.96. The van der Waals surface area contributed by atoms with E-state index in [1.54, 1.807) is 0 Å². The maximum Gasteiger partial charge on any atom is 0.312 e. The van der Waals surface area contributed by atoms with Gasteiger partial charge in [-0.05, 0) is 90.1 Å². The molecule has 1 aliphatic rings. The summed E-state index contributed by atoms with van der Waals surface area (Å²) in [6.07, 6.45) is 41.1. The number of aliphatic hydroxyl groups is 1. The largest absolute Gasteiger partial charge is 0.466 e. The van der Waals surface area contributed by atoms with Gasteiger partial charge in [-0.3, -0.25) is 9.59 Å². The summed E-state index contributed by atoms with van der Waals surface area (Å²) in [5.41, 5.74) is -0.178. The lowest BCUT2D eigenvalue weighted by Gasteiger charge is -2.23. The molecule has 53 heavy (non-hydrogen) atoms. The Hall–Kier alpha value is -1.14. The van der Waals surface area contributed by atoms with Crippen LogP contribution in [0.2, 0.25) is 0 Å². The van der Waals surface area contributed by atoms with Crippen molar-refractivity contribution in [2.24, 2.45) is 5.41 Å². The van der Waals surface area contributed by atoms with Crippen molar-refractivity contribution in [3.05, 3.63) is 0 Å². The van der Waals surface area contributed by atoms with Crippen LogP contribution in [0.25, 0.3) is 0 Å².